The number of hydrogen-bond acceptors (Lipinski definition) is 2. The third-order valence-electron chi connectivity index (χ3n) is 1.99. The van der Waals surface area contributed by atoms with E-state index in [0.29, 0.717) is 0 Å². The number of aryl methyl sites for hydroxylation is 1. The zero-order valence-electron chi connectivity index (χ0n) is 7.74. The van der Waals surface area contributed by atoms with Crippen LogP contribution in [0.15, 0.2) is 41.1 Å². The Morgan fingerprint density at radius 1 is 1.21 bits per heavy atom. The Morgan fingerprint density at radius 2 is 2.07 bits per heavy atom. The van der Waals surface area contributed by atoms with Gasteiger partial charge in [-0.15, -0.1) is 0 Å². The van der Waals surface area contributed by atoms with Crippen LogP contribution >= 0.6 is 15.9 Å². The summed E-state index contributed by atoms with van der Waals surface area (Å²) in [5.74, 6) is 0. The van der Waals surface area contributed by atoms with Gasteiger partial charge < -0.3 is 0 Å². The van der Waals surface area contributed by atoms with E-state index in [0.717, 1.165) is 21.4 Å². The first-order valence-electron chi connectivity index (χ1n) is 4.31. The summed E-state index contributed by atoms with van der Waals surface area (Å²) in [4.78, 5) is 8.56. The number of rotatable bonds is 1. The fraction of sp³-hybridized carbons (Fsp3) is 0.0909. The Hall–Kier alpha value is -1.22. The maximum atomic E-state index is 4.29. The molecular weight excluding hydrogens is 240 g/mol. The third-order valence-corrected chi connectivity index (χ3v) is 2.43. The van der Waals surface area contributed by atoms with Gasteiger partial charge in [0.2, 0.25) is 0 Å². The van der Waals surface area contributed by atoms with Crippen LogP contribution in [0, 0.1) is 6.92 Å². The van der Waals surface area contributed by atoms with Gasteiger partial charge in [-0.3, -0.25) is 9.97 Å². The lowest BCUT2D eigenvalue weighted by atomic mass is 10.1. The number of pyridine rings is 2. The normalized spacial score (nSPS) is 10.1. The topological polar surface area (TPSA) is 25.8 Å². The molecule has 2 aromatic rings. The van der Waals surface area contributed by atoms with Gasteiger partial charge in [0, 0.05) is 28.1 Å². The number of halogens is 1. The van der Waals surface area contributed by atoms with Crippen LogP contribution in [-0.4, -0.2) is 9.97 Å². The molecule has 2 heterocycles. The molecule has 0 aliphatic carbocycles. The average Bonchev–Trinajstić information content (AvgIpc) is 2.23. The molecule has 70 valence electrons. The minimum atomic E-state index is 0.957. The van der Waals surface area contributed by atoms with E-state index in [2.05, 4.69) is 25.9 Å². The summed E-state index contributed by atoms with van der Waals surface area (Å²) in [6.45, 7) is 1.98. The summed E-state index contributed by atoms with van der Waals surface area (Å²) < 4.78 is 0.976. The summed E-state index contributed by atoms with van der Waals surface area (Å²) in [7, 11) is 0. The Morgan fingerprint density at radius 3 is 2.79 bits per heavy atom. The summed E-state index contributed by atoms with van der Waals surface area (Å²) in [6, 6.07) is 7.90. The van der Waals surface area contributed by atoms with Crippen molar-refractivity contribution in [1.29, 1.82) is 0 Å². The Kier molecular flexibility index (Phi) is 2.59. The molecule has 0 saturated carbocycles. The predicted molar refractivity (Wildman–Crippen MR) is 59.9 cm³/mol. The lowest BCUT2D eigenvalue weighted by Crippen LogP contribution is -1.89. The second kappa shape index (κ2) is 3.88. The molecule has 0 atom stereocenters. The molecule has 0 bridgehead atoms. The minimum Gasteiger partial charge on any atom is -0.260 e. The van der Waals surface area contributed by atoms with Gasteiger partial charge in [0.15, 0.2) is 0 Å². The molecule has 0 unspecified atom stereocenters. The van der Waals surface area contributed by atoms with E-state index in [4.69, 9.17) is 0 Å². The van der Waals surface area contributed by atoms with Crippen molar-refractivity contribution in [2.75, 3.05) is 0 Å². The minimum absolute atomic E-state index is 0.957. The molecule has 0 aliphatic heterocycles. The van der Waals surface area contributed by atoms with Gasteiger partial charge >= 0.3 is 0 Å². The number of hydrogen-bond donors (Lipinski definition) is 0. The zero-order valence-corrected chi connectivity index (χ0v) is 9.32. The number of nitrogens with zero attached hydrogens (tertiary/aromatic N) is 2. The van der Waals surface area contributed by atoms with Crippen molar-refractivity contribution in [2.24, 2.45) is 0 Å². The largest absolute Gasteiger partial charge is 0.260 e. The van der Waals surface area contributed by atoms with E-state index in [9.17, 15) is 0 Å². The van der Waals surface area contributed by atoms with Gasteiger partial charge in [0.1, 0.15) is 0 Å². The van der Waals surface area contributed by atoms with E-state index in [1.54, 1.807) is 12.4 Å². The molecule has 0 radical (unpaired) electrons. The molecule has 0 saturated heterocycles. The van der Waals surface area contributed by atoms with Crippen molar-refractivity contribution >= 4 is 15.9 Å². The van der Waals surface area contributed by atoms with Crippen LogP contribution < -0.4 is 0 Å². The molecule has 0 N–H and O–H groups in total. The predicted octanol–water partition coefficient (Wildman–Crippen LogP) is 3.21. The van der Waals surface area contributed by atoms with Crippen LogP contribution in [0.4, 0.5) is 0 Å². The maximum absolute atomic E-state index is 4.29. The first-order valence-corrected chi connectivity index (χ1v) is 5.10. The van der Waals surface area contributed by atoms with E-state index >= 15 is 0 Å². The van der Waals surface area contributed by atoms with E-state index in [1.807, 2.05) is 31.2 Å². The molecule has 0 spiro atoms. The van der Waals surface area contributed by atoms with Crippen molar-refractivity contribution in [3.8, 4) is 11.3 Å². The third kappa shape index (κ3) is 1.82. The highest BCUT2D eigenvalue weighted by Crippen LogP contribution is 2.22. The Labute approximate surface area is 91.2 Å². The van der Waals surface area contributed by atoms with Crippen LogP contribution in [0.25, 0.3) is 11.3 Å². The van der Waals surface area contributed by atoms with Crippen molar-refractivity contribution in [2.45, 2.75) is 6.92 Å². The van der Waals surface area contributed by atoms with E-state index < -0.39 is 0 Å². The molecule has 0 aromatic carbocycles. The quantitative estimate of drug-likeness (QED) is 0.775. The Balaban J connectivity index is 2.57. The fourth-order valence-corrected chi connectivity index (χ4v) is 1.62. The van der Waals surface area contributed by atoms with Gasteiger partial charge in [-0.05, 0) is 41.1 Å². The monoisotopic (exact) mass is 248 g/mol. The lowest BCUT2D eigenvalue weighted by molar-refractivity contribution is 1.18. The average molecular weight is 249 g/mol. The molecule has 0 aliphatic rings. The molecule has 14 heavy (non-hydrogen) atoms. The molecule has 0 fully saturated rings. The zero-order chi connectivity index (χ0) is 9.97. The van der Waals surface area contributed by atoms with Crippen LogP contribution in [-0.2, 0) is 0 Å². The highest BCUT2D eigenvalue weighted by atomic mass is 79.9. The highest BCUT2D eigenvalue weighted by Gasteiger charge is 2.03. The van der Waals surface area contributed by atoms with Gasteiger partial charge in [0.05, 0.1) is 5.69 Å². The summed E-state index contributed by atoms with van der Waals surface area (Å²) in [5.41, 5.74) is 3.02. The molecule has 2 nitrogen and oxygen atoms in total. The summed E-state index contributed by atoms with van der Waals surface area (Å²) in [5, 5.41) is 0. The lowest BCUT2D eigenvalue weighted by Gasteiger charge is -2.03. The first kappa shape index (κ1) is 9.34. The van der Waals surface area contributed by atoms with Gasteiger partial charge in [-0.2, -0.15) is 0 Å². The van der Waals surface area contributed by atoms with Crippen molar-refractivity contribution in [1.82, 2.24) is 9.97 Å². The number of aromatic nitrogens is 2. The molecule has 3 heteroatoms. The van der Waals surface area contributed by atoms with Crippen LogP contribution in [0.1, 0.15) is 5.69 Å². The van der Waals surface area contributed by atoms with E-state index in [-0.39, 0.29) is 0 Å². The fourth-order valence-electron chi connectivity index (χ4n) is 1.29. The SMILES string of the molecule is Cc1ncc(Br)cc1-c1ccccn1. The van der Waals surface area contributed by atoms with Gasteiger partial charge in [-0.25, -0.2) is 0 Å². The molecule has 2 aromatic heterocycles. The maximum Gasteiger partial charge on any atom is 0.0720 e. The second-order valence-corrected chi connectivity index (χ2v) is 3.92. The first-order chi connectivity index (χ1) is 6.77. The van der Waals surface area contributed by atoms with Crippen LogP contribution in [0.2, 0.25) is 0 Å². The van der Waals surface area contributed by atoms with Gasteiger partial charge in [0.25, 0.3) is 0 Å². The van der Waals surface area contributed by atoms with Crippen LogP contribution in [0.5, 0.6) is 0 Å². The van der Waals surface area contributed by atoms with Crippen molar-refractivity contribution < 1.29 is 0 Å². The molecular formula is C11H9BrN2. The van der Waals surface area contributed by atoms with Crippen molar-refractivity contribution in [3.63, 3.8) is 0 Å². The van der Waals surface area contributed by atoms with Gasteiger partial charge in [-0.1, -0.05) is 6.07 Å². The van der Waals surface area contributed by atoms with Crippen molar-refractivity contribution in [3.05, 3.63) is 46.8 Å². The van der Waals surface area contributed by atoms with Crippen LogP contribution in [0.3, 0.4) is 0 Å². The molecule has 2 rings (SSSR count). The standard InChI is InChI=1S/C11H9BrN2/c1-8-10(6-9(12)7-14-8)11-4-2-3-5-13-11/h2-7H,1H3. The summed E-state index contributed by atoms with van der Waals surface area (Å²) in [6.07, 6.45) is 3.58. The molecule has 0 amide bonds. The van der Waals surface area contributed by atoms with E-state index in [1.165, 1.54) is 0 Å². The summed E-state index contributed by atoms with van der Waals surface area (Å²) >= 11 is 3.40. The highest BCUT2D eigenvalue weighted by molar-refractivity contribution is 9.10. The Bertz CT molecular complexity index is 440. The second-order valence-electron chi connectivity index (χ2n) is 3.00. The smallest absolute Gasteiger partial charge is 0.0720 e.